The molecule has 0 aliphatic rings. The summed E-state index contributed by atoms with van der Waals surface area (Å²) in [5, 5.41) is 0. The first-order valence-corrected chi connectivity index (χ1v) is 4.73. The van der Waals surface area contributed by atoms with E-state index in [-0.39, 0.29) is 6.07 Å². The largest absolute Gasteiger partial charge is 0.573 e. The number of H-pyrrole nitrogens is 1. The van der Waals surface area contributed by atoms with Gasteiger partial charge < -0.3 is 9.72 Å². The highest BCUT2D eigenvalue weighted by atomic mass is 35.5. The summed E-state index contributed by atoms with van der Waals surface area (Å²) in [5.41, 5.74) is -3.86. The minimum Gasteiger partial charge on any atom is -0.400 e. The highest BCUT2D eigenvalue weighted by Gasteiger charge is 2.36. The summed E-state index contributed by atoms with van der Waals surface area (Å²) < 4.78 is 76.0. The number of ether oxygens (including phenoxy) is 1. The van der Waals surface area contributed by atoms with E-state index in [1.165, 1.54) is 0 Å². The van der Waals surface area contributed by atoms with Crippen molar-refractivity contribution >= 4 is 11.6 Å². The first-order valence-electron chi connectivity index (χ1n) is 4.19. The van der Waals surface area contributed by atoms with E-state index < -0.39 is 41.0 Å². The number of rotatable bonds is 2. The van der Waals surface area contributed by atoms with Gasteiger partial charge in [-0.2, -0.15) is 13.2 Å². The van der Waals surface area contributed by atoms with Crippen molar-refractivity contribution in [2.24, 2.45) is 0 Å². The number of aromatic amines is 1. The number of pyridine rings is 1. The average molecular weight is 296 g/mol. The van der Waals surface area contributed by atoms with Gasteiger partial charge in [-0.1, -0.05) is 0 Å². The van der Waals surface area contributed by atoms with E-state index >= 15 is 0 Å². The lowest BCUT2D eigenvalue weighted by atomic mass is 10.2. The first kappa shape index (κ1) is 14.7. The molecule has 0 spiro atoms. The zero-order valence-electron chi connectivity index (χ0n) is 8.25. The molecule has 1 aromatic heterocycles. The Bertz CT molecular complexity index is 492. The van der Waals surface area contributed by atoms with Crippen molar-refractivity contribution in [2.75, 3.05) is 0 Å². The topological polar surface area (TPSA) is 42.1 Å². The summed E-state index contributed by atoms with van der Waals surface area (Å²) >= 11 is 5.17. The van der Waals surface area contributed by atoms with Crippen LogP contribution < -0.4 is 10.2 Å². The van der Waals surface area contributed by atoms with Crippen molar-refractivity contribution in [3.05, 3.63) is 27.7 Å². The molecule has 0 atom stereocenters. The van der Waals surface area contributed by atoms with E-state index in [2.05, 4.69) is 4.74 Å². The number of aromatic nitrogens is 1. The molecule has 0 saturated carbocycles. The van der Waals surface area contributed by atoms with Gasteiger partial charge in [0.1, 0.15) is 5.69 Å². The Kier molecular flexibility index (Phi) is 3.84. The molecule has 1 aromatic rings. The fraction of sp³-hybridized carbons (Fsp3) is 0.375. The van der Waals surface area contributed by atoms with Crippen LogP contribution in [0.2, 0.25) is 0 Å². The van der Waals surface area contributed by atoms with Crippen LogP contribution in [0.25, 0.3) is 0 Å². The molecular weight excluding hydrogens is 292 g/mol. The molecule has 10 heteroatoms. The molecule has 0 fully saturated rings. The van der Waals surface area contributed by atoms with Gasteiger partial charge >= 0.3 is 12.5 Å². The van der Waals surface area contributed by atoms with Crippen LogP contribution in [-0.4, -0.2) is 11.3 Å². The number of nitrogens with one attached hydrogen (secondary N) is 1. The van der Waals surface area contributed by atoms with Gasteiger partial charge in [0.25, 0.3) is 0 Å². The van der Waals surface area contributed by atoms with E-state index in [1.54, 1.807) is 4.98 Å². The normalized spacial score (nSPS) is 12.6. The summed E-state index contributed by atoms with van der Waals surface area (Å²) in [6, 6.07) is -0.0306. The summed E-state index contributed by atoms with van der Waals surface area (Å²) in [6.45, 7) is 0. The maximum atomic E-state index is 12.3. The average Bonchev–Trinajstić information content (AvgIpc) is 2.17. The summed E-state index contributed by atoms with van der Waals surface area (Å²) in [5.74, 6) is -2.07. The predicted octanol–water partition coefficient (Wildman–Crippen LogP) is 3.03. The number of alkyl halides is 7. The van der Waals surface area contributed by atoms with Crippen LogP contribution >= 0.6 is 11.6 Å². The summed E-state index contributed by atoms with van der Waals surface area (Å²) in [4.78, 5) is 12.7. The maximum absolute atomic E-state index is 12.3. The molecule has 0 saturated heterocycles. The quantitative estimate of drug-likeness (QED) is 0.673. The predicted molar refractivity (Wildman–Crippen MR) is 48.3 cm³/mol. The second kappa shape index (κ2) is 4.71. The molecule has 0 aromatic carbocycles. The Morgan fingerprint density at radius 3 is 2.17 bits per heavy atom. The number of hydrogen-bond donors (Lipinski definition) is 1. The van der Waals surface area contributed by atoms with E-state index in [9.17, 15) is 31.1 Å². The third-order valence-electron chi connectivity index (χ3n) is 1.72. The smallest absolute Gasteiger partial charge is 0.400 e. The molecule has 0 aliphatic carbocycles. The number of halogens is 7. The second-order valence-electron chi connectivity index (χ2n) is 3.03. The minimum absolute atomic E-state index is 0.0306. The molecule has 3 nitrogen and oxygen atoms in total. The van der Waals surface area contributed by atoms with Crippen molar-refractivity contribution in [1.82, 2.24) is 4.98 Å². The van der Waals surface area contributed by atoms with Gasteiger partial charge in [-0.25, -0.2) is 0 Å². The molecule has 0 radical (unpaired) electrons. The minimum atomic E-state index is -5.20. The van der Waals surface area contributed by atoms with Gasteiger partial charge in [-0.3, -0.25) is 4.79 Å². The van der Waals surface area contributed by atoms with Crippen LogP contribution in [0.1, 0.15) is 11.4 Å². The second-order valence-corrected chi connectivity index (χ2v) is 3.30. The van der Waals surface area contributed by atoms with Crippen molar-refractivity contribution in [2.45, 2.75) is 18.4 Å². The lowest BCUT2D eigenvalue weighted by Gasteiger charge is -2.13. The van der Waals surface area contributed by atoms with Crippen molar-refractivity contribution in [3.8, 4) is 5.75 Å². The van der Waals surface area contributed by atoms with Crippen LogP contribution in [0.15, 0.2) is 10.9 Å². The van der Waals surface area contributed by atoms with Crippen LogP contribution in [-0.2, 0) is 12.1 Å². The zero-order chi connectivity index (χ0) is 14.1. The highest BCUT2D eigenvalue weighted by molar-refractivity contribution is 6.17. The van der Waals surface area contributed by atoms with Gasteiger partial charge in [0.2, 0.25) is 5.43 Å². The Morgan fingerprint density at radius 2 is 1.78 bits per heavy atom. The highest BCUT2D eigenvalue weighted by Crippen LogP contribution is 2.30. The fourth-order valence-corrected chi connectivity index (χ4v) is 1.26. The van der Waals surface area contributed by atoms with Crippen LogP contribution in [0.3, 0.4) is 0 Å². The van der Waals surface area contributed by atoms with Crippen LogP contribution in [0.5, 0.6) is 5.75 Å². The van der Waals surface area contributed by atoms with Crippen molar-refractivity contribution in [3.63, 3.8) is 0 Å². The van der Waals surface area contributed by atoms with Crippen molar-refractivity contribution < 1.29 is 31.1 Å². The standard InChI is InChI=1S/C8H4ClF6NO2/c9-2-3-6(18-8(13,14)15)4(17)1-5(16-3)7(10,11)12/h1H,2H2,(H,16,17). The SMILES string of the molecule is O=c1cc(C(F)(F)F)[nH]c(CCl)c1OC(F)(F)F. The van der Waals surface area contributed by atoms with Crippen molar-refractivity contribution in [1.29, 1.82) is 0 Å². The molecule has 0 aliphatic heterocycles. The third kappa shape index (κ3) is 3.56. The lowest BCUT2D eigenvalue weighted by Crippen LogP contribution is -2.25. The molecule has 18 heavy (non-hydrogen) atoms. The molecule has 0 unspecified atom stereocenters. The lowest BCUT2D eigenvalue weighted by molar-refractivity contribution is -0.275. The molecular formula is C8H4ClF6NO2. The van der Waals surface area contributed by atoms with Crippen LogP contribution in [0, 0.1) is 0 Å². The zero-order valence-corrected chi connectivity index (χ0v) is 9.00. The monoisotopic (exact) mass is 295 g/mol. The molecule has 1 heterocycles. The van der Waals surface area contributed by atoms with E-state index in [0.29, 0.717) is 0 Å². The van der Waals surface area contributed by atoms with Gasteiger partial charge in [0.05, 0.1) is 11.6 Å². The Morgan fingerprint density at radius 1 is 1.22 bits per heavy atom. The Balaban J connectivity index is 3.34. The summed E-state index contributed by atoms with van der Waals surface area (Å²) in [7, 11) is 0. The van der Waals surface area contributed by atoms with Gasteiger partial charge in [-0.15, -0.1) is 24.8 Å². The molecule has 0 bridgehead atoms. The Hall–Kier alpha value is -1.38. The van der Waals surface area contributed by atoms with Crippen LogP contribution in [0.4, 0.5) is 26.3 Å². The molecule has 1 rings (SSSR count). The molecule has 0 amide bonds. The van der Waals surface area contributed by atoms with E-state index in [4.69, 9.17) is 11.6 Å². The molecule has 1 N–H and O–H groups in total. The Labute approximate surface area is 100 Å². The fourth-order valence-electron chi connectivity index (χ4n) is 1.08. The maximum Gasteiger partial charge on any atom is 0.573 e. The summed E-state index contributed by atoms with van der Waals surface area (Å²) in [6.07, 6.45) is -10.1. The van der Waals surface area contributed by atoms with Gasteiger partial charge in [-0.05, 0) is 0 Å². The first-order chi connectivity index (χ1) is 8.04. The number of hydrogen-bond acceptors (Lipinski definition) is 2. The van der Waals surface area contributed by atoms with Gasteiger partial charge in [0.15, 0.2) is 5.75 Å². The van der Waals surface area contributed by atoms with Gasteiger partial charge in [0, 0.05) is 6.07 Å². The van der Waals surface area contributed by atoms with E-state index in [0.717, 1.165) is 0 Å². The van der Waals surface area contributed by atoms with E-state index in [1.807, 2.05) is 0 Å². The molecule has 102 valence electrons. The third-order valence-corrected chi connectivity index (χ3v) is 1.98.